The molecule has 3 nitrogen and oxygen atoms in total. The van der Waals surface area contributed by atoms with Gasteiger partial charge >= 0.3 is 0 Å². The molecule has 0 spiro atoms. The molecule has 1 N–H and O–H groups in total. The highest BCUT2D eigenvalue weighted by atomic mass is 16.5. The maximum absolute atomic E-state index is 4.98. The first kappa shape index (κ1) is 6.55. The largest absolute Gasteiger partial charge is 0.484 e. The summed E-state index contributed by atoms with van der Waals surface area (Å²) in [5.74, 6) is 0.875. The summed E-state index contributed by atoms with van der Waals surface area (Å²) >= 11 is 0. The van der Waals surface area contributed by atoms with Crippen LogP contribution in [0.3, 0.4) is 0 Å². The minimum Gasteiger partial charge on any atom is -0.484 e. The standard InChI is InChI=1S/C6H12N2O/c1-9-6-2-3-7-4-5-8-6/h7H,2-5H2,1H3. The lowest BCUT2D eigenvalue weighted by molar-refractivity contribution is 0.390. The van der Waals surface area contributed by atoms with Gasteiger partial charge in [0.2, 0.25) is 0 Å². The third kappa shape index (κ3) is 2.01. The second kappa shape index (κ2) is 3.45. The molecular formula is C6H12N2O. The van der Waals surface area contributed by atoms with Crippen molar-refractivity contribution in [3.8, 4) is 0 Å². The molecule has 1 aliphatic heterocycles. The molecular weight excluding hydrogens is 116 g/mol. The van der Waals surface area contributed by atoms with E-state index in [1.165, 1.54) is 0 Å². The predicted molar refractivity (Wildman–Crippen MR) is 36.8 cm³/mol. The first-order valence-electron chi connectivity index (χ1n) is 3.21. The van der Waals surface area contributed by atoms with Crippen molar-refractivity contribution >= 4 is 5.90 Å². The van der Waals surface area contributed by atoms with E-state index in [1.54, 1.807) is 7.11 Å². The van der Waals surface area contributed by atoms with Crippen molar-refractivity contribution in [1.29, 1.82) is 0 Å². The van der Waals surface area contributed by atoms with Crippen molar-refractivity contribution in [1.82, 2.24) is 5.32 Å². The van der Waals surface area contributed by atoms with Gasteiger partial charge in [0.15, 0.2) is 5.90 Å². The third-order valence-electron chi connectivity index (χ3n) is 1.33. The first-order valence-corrected chi connectivity index (χ1v) is 3.21. The Kier molecular flexibility index (Phi) is 2.51. The van der Waals surface area contributed by atoms with Gasteiger partial charge in [-0.2, -0.15) is 0 Å². The van der Waals surface area contributed by atoms with Gasteiger partial charge in [0, 0.05) is 19.5 Å². The van der Waals surface area contributed by atoms with Crippen molar-refractivity contribution in [3.05, 3.63) is 0 Å². The second-order valence-electron chi connectivity index (χ2n) is 1.98. The fraction of sp³-hybridized carbons (Fsp3) is 0.833. The molecule has 1 aliphatic rings. The highest BCUT2D eigenvalue weighted by Crippen LogP contribution is 1.90. The van der Waals surface area contributed by atoms with Crippen LogP contribution in [0.2, 0.25) is 0 Å². The van der Waals surface area contributed by atoms with Gasteiger partial charge in [0.25, 0.3) is 0 Å². The maximum atomic E-state index is 4.98. The summed E-state index contributed by atoms with van der Waals surface area (Å²) in [5, 5.41) is 3.22. The average molecular weight is 128 g/mol. The van der Waals surface area contributed by atoms with Crippen molar-refractivity contribution in [2.75, 3.05) is 26.7 Å². The topological polar surface area (TPSA) is 33.6 Å². The Morgan fingerprint density at radius 2 is 2.44 bits per heavy atom. The quantitative estimate of drug-likeness (QED) is 0.499. The zero-order valence-corrected chi connectivity index (χ0v) is 5.68. The van der Waals surface area contributed by atoms with E-state index in [-0.39, 0.29) is 0 Å². The van der Waals surface area contributed by atoms with Gasteiger partial charge in [-0.05, 0) is 0 Å². The monoisotopic (exact) mass is 128 g/mol. The summed E-state index contributed by atoms with van der Waals surface area (Å²) in [6, 6.07) is 0. The Labute approximate surface area is 55.1 Å². The van der Waals surface area contributed by atoms with Gasteiger partial charge in [-0.25, -0.2) is 0 Å². The van der Waals surface area contributed by atoms with Crippen LogP contribution in [0.5, 0.6) is 0 Å². The van der Waals surface area contributed by atoms with E-state index in [2.05, 4.69) is 10.3 Å². The van der Waals surface area contributed by atoms with Gasteiger partial charge in [0.05, 0.1) is 13.7 Å². The van der Waals surface area contributed by atoms with Crippen LogP contribution in [-0.4, -0.2) is 32.6 Å². The zero-order chi connectivity index (χ0) is 6.53. The molecule has 0 radical (unpaired) electrons. The van der Waals surface area contributed by atoms with E-state index in [0.717, 1.165) is 32.0 Å². The third-order valence-corrected chi connectivity index (χ3v) is 1.33. The fourth-order valence-electron chi connectivity index (χ4n) is 0.826. The minimum atomic E-state index is 0.850. The maximum Gasteiger partial charge on any atom is 0.184 e. The van der Waals surface area contributed by atoms with Crippen LogP contribution in [0.25, 0.3) is 0 Å². The van der Waals surface area contributed by atoms with Gasteiger partial charge in [-0.1, -0.05) is 0 Å². The number of aliphatic imine (C=N–C) groups is 1. The van der Waals surface area contributed by atoms with Crippen LogP contribution >= 0.6 is 0 Å². The SMILES string of the molecule is COC1=NCCNCC1. The van der Waals surface area contributed by atoms with E-state index < -0.39 is 0 Å². The molecule has 0 atom stereocenters. The molecule has 1 rings (SSSR count). The predicted octanol–water partition coefficient (Wildman–Crippen LogP) is 0.0246. The van der Waals surface area contributed by atoms with E-state index in [9.17, 15) is 0 Å². The highest BCUT2D eigenvalue weighted by molar-refractivity contribution is 5.76. The van der Waals surface area contributed by atoms with Crippen molar-refractivity contribution in [2.24, 2.45) is 4.99 Å². The molecule has 0 unspecified atom stereocenters. The number of nitrogens with zero attached hydrogens (tertiary/aromatic N) is 1. The van der Waals surface area contributed by atoms with Crippen LogP contribution in [0.4, 0.5) is 0 Å². The molecule has 0 bridgehead atoms. The number of methoxy groups -OCH3 is 1. The number of rotatable bonds is 0. The summed E-state index contributed by atoms with van der Waals surface area (Å²) in [6.07, 6.45) is 0.927. The highest BCUT2D eigenvalue weighted by Gasteiger charge is 2.00. The number of hydrogen-bond donors (Lipinski definition) is 1. The molecule has 0 aromatic heterocycles. The Balaban J connectivity index is 2.37. The van der Waals surface area contributed by atoms with Gasteiger partial charge in [0.1, 0.15) is 0 Å². The molecule has 0 aromatic rings. The van der Waals surface area contributed by atoms with E-state index >= 15 is 0 Å². The first-order chi connectivity index (χ1) is 4.43. The Morgan fingerprint density at radius 3 is 3.22 bits per heavy atom. The molecule has 1 heterocycles. The minimum absolute atomic E-state index is 0.850. The number of hydrogen-bond acceptors (Lipinski definition) is 3. The Bertz CT molecular complexity index is 112. The summed E-state index contributed by atoms with van der Waals surface area (Å²) in [6.45, 7) is 2.82. The lowest BCUT2D eigenvalue weighted by Crippen LogP contribution is -2.17. The molecule has 3 heteroatoms. The van der Waals surface area contributed by atoms with Crippen LogP contribution in [0.1, 0.15) is 6.42 Å². The molecule has 0 aliphatic carbocycles. The summed E-state index contributed by atoms with van der Waals surface area (Å²) in [5.41, 5.74) is 0. The molecule has 0 saturated heterocycles. The van der Waals surface area contributed by atoms with Crippen molar-refractivity contribution in [2.45, 2.75) is 6.42 Å². The molecule has 0 fully saturated rings. The number of nitrogens with one attached hydrogen (secondary N) is 1. The molecule has 52 valence electrons. The molecule has 0 amide bonds. The van der Waals surface area contributed by atoms with E-state index in [0.29, 0.717) is 0 Å². The summed E-state index contributed by atoms with van der Waals surface area (Å²) < 4.78 is 4.98. The second-order valence-corrected chi connectivity index (χ2v) is 1.98. The van der Waals surface area contributed by atoms with E-state index in [1.807, 2.05) is 0 Å². The van der Waals surface area contributed by atoms with Crippen molar-refractivity contribution in [3.63, 3.8) is 0 Å². The Hall–Kier alpha value is -0.570. The molecule has 9 heavy (non-hydrogen) atoms. The van der Waals surface area contributed by atoms with Crippen LogP contribution in [0, 0.1) is 0 Å². The van der Waals surface area contributed by atoms with Gasteiger partial charge in [-0.3, -0.25) is 4.99 Å². The zero-order valence-electron chi connectivity index (χ0n) is 5.68. The fourth-order valence-corrected chi connectivity index (χ4v) is 0.826. The molecule has 0 aromatic carbocycles. The van der Waals surface area contributed by atoms with Crippen LogP contribution < -0.4 is 5.32 Å². The van der Waals surface area contributed by atoms with Crippen LogP contribution in [-0.2, 0) is 4.74 Å². The van der Waals surface area contributed by atoms with Crippen molar-refractivity contribution < 1.29 is 4.74 Å². The van der Waals surface area contributed by atoms with Gasteiger partial charge in [-0.15, -0.1) is 0 Å². The number of ether oxygens (including phenoxy) is 1. The van der Waals surface area contributed by atoms with Gasteiger partial charge < -0.3 is 10.1 Å². The lowest BCUT2D eigenvalue weighted by Gasteiger charge is -1.98. The average Bonchev–Trinajstić information content (AvgIpc) is 2.13. The summed E-state index contributed by atoms with van der Waals surface area (Å²) in [4.78, 5) is 4.17. The van der Waals surface area contributed by atoms with Crippen LogP contribution in [0.15, 0.2) is 4.99 Å². The van der Waals surface area contributed by atoms with E-state index in [4.69, 9.17) is 4.74 Å². The Morgan fingerprint density at radius 1 is 1.56 bits per heavy atom. The summed E-state index contributed by atoms with van der Waals surface area (Å²) in [7, 11) is 1.67. The molecule has 0 saturated carbocycles. The lowest BCUT2D eigenvalue weighted by atomic mass is 10.4. The normalized spacial score (nSPS) is 20.3. The smallest absolute Gasteiger partial charge is 0.184 e.